The number of nitrogens with zero attached hydrogens (tertiary/aromatic N) is 5. The van der Waals surface area contributed by atoms with Crippen molar-refractivity contribution in [1.82, 2.24) is 19.9 Å². The molecule has 0 aromatic carbocycles. The summed E-state index contributed by atoms with van der Waals surface area (Å²) in [7, 11) is 3.87. The minimum absolute atomic E-state index is 0.492. The van der Waals surface area contributed by atoms with Gasteiger partial charge in [-0.05, 0) is 67.2 Å². The molecule has 2 aromatic rings. The third kappa shape index (κ3) is 6.69. The minimum atomic E-state index is 0.492. The Bertz CT molecular complexity index is 1180. The average molecular weight is 461 g/mol. The summed E-state index contributed by atoms with van der Waals surface area (Å²) < 4.78 is 0. The van der Waals surface area contributed by atoms with Crippen molar-refractivity contribution in [2.75, 3.05) is 50.5 Å². The highest BCUT2D eigenvalue weighted by atomic mass is 15.4. The van der Waals surface area contributed by atoms with Gasteiger partial charge in [-0.25, -0.2) is 15.8 Å². The first-order valence-corrected chi connectivity index (χ1v) is 11.4. The molecule has 34 heavy (non-hydrogen) atoms. The lowest BCUT2D eigenvalue weighted by Gasteiger charge is -2.22. The molecule has 1 fully saturated rings. The zero-order chi connectivity index (χ0) is 24.7. The number of hydrazine groups is 1. The molecule has 0 saturated carbocycles. The van der Waals surface area contributed by atoms with Crippen molar-refractivity contribution in [2.45, 2.75) is 13.3 Å². The van der Waals surface area contributed by atoms with Crippen LogP contribution in [-0.2, 0) is 0 Å². The van der Waals surface area contributed by atoms with E-state index in [4.69, 9.17) is 11.6 Å². The summed E-state index contributed by atoms with van der Waals surface area (Å²) in [6.45, 7) is 14.4. The van der Waals surface area contributed by atoms with E-state index >= 15 is 0 Å². The number of pyridine rings is 2. The zero-order valence-corrected chi connectivity index (χ0v) is 20.5. The number of likely N-dealkylation sites (N-methyl/N-ethyl adjacent to an activating group) is 1. The second-order valence-corrected chi connectivity index (χ2v) is 8.56. The van der Waals surface area contributed by atoms with Gasteiger partial charge in [-0.2, -0.15) is 0 Å². The molecule has 0 unspecified atom stereocenters. The predicted molar refractivity (Wildman–Crippen MR) is 143 cm³/mol. The first-order chi connectivity index (χ1) is 16.3. The lowest BCUT2D eigenvalue weighted by atomic mass is 10.1. The number of allylic oxidation sites excluding steroid dienone is 1. The largest absolute Gasteiger partial charge is 0.397 e. The molecular weight excluding hydrogens is 424 g/mol. The highest BCUT2D eigenvalue weighted by molar-refractivity contribution is 5.75. The number of hydrogen-bond donors (Lipinski definition) is 3. The summed E-state index contributed by atoms with van der Waals surface area (Å²) in [6.07, 6.45) is 10.3. The summed E-state index contributed by atoms with van der Waals surface area (Å²) in [5, 5.41) is 6.65. The molecule has 0 bridgehead atoms. The number of nitrogens with one attached hydrogen (secondary N) is 1. The van der Waals surface area contributed by atoms with E-state index in [-0.39, 0.29) is 0 Å². The summed E-state index contributed by atoms with van der Waals surface area (Å²) in [5.74, 6) is 7.32. The molecule has 3 heterocycles. The first kappa shape index (κ1) is 25.0. The number of hydrogen-bond acceptors (Lipinski definition) is 8. The maximum absolute atomic E-state index is 6.09. The Morgan fingerprint density at radius 2 is 1.94 bits per heavy atom. The van der Waals surface area contributed by atoms with E-state index < -0.39 is 0 Å². The molecular formula is C26H36N8. The number of rotatable bonds is 7. The normalized spacial score (nSPS) is 16.4. The predicted octanol–water partition coefficient (Wildman–Crippen LogP) is 1.44. The number of nitrogens with two attached hydrogens (primary N) is 2. The van der Waals surface area contributed by atoms with Crippen LogP contribution >= 0.6 is 0 Å². The minimum Gasteiger partial charge on any atom is -0.397 e. The molecule has 0 atom stereocenters. The maximum atomic E-state index is 6.09. The van der Waals surface area contributed by atoms with Gasteiger partial charge in [-0.15, -0.1) is 0 Å². The Labute approximate surface area is 202 Å². The SMILES string of the molecule is C=C(/C=c1/cc(NC(=C)c2ccnc(N3CCCN(C)CC3)c2)nc/c1=C/C)/C(N)=C/N(C)N. The van der Waals surface area contributed by atoms with Gasteiger partial charge in [0.25, 0.3) is 0 Å². The van der Waals surface area contributed by atoms with E-state index in [1.165, 1.54) is 5.01 Å². The van der Waals surface area contributed by atoms with Crippen molar-refractivity contribution in [1.29, 1.82) is 0 Å². The molecule has 2 aromatic heterocycles. The van der Waals surface area contributed by atoms with Crippen molar-refractivity contribution >= 4 is 29.5 Å². The number of aromatic nitrogens is 2. The summed E-state index contributed by atoms with van der Waals surface area (Å²) in [4.78, 5) is 13.8. The van der Waals surface area contributed by atoms with Crippen LogP contribution in [0.3, 0.4) is 0 Å². The third-order valence-electron chi connectivity index (χ3n) is 5.74. The highest BCUT2D eigenvalue weighted by Gasteiger charge is 2.14. The van der Waals surface area contributed by atoms with Crippen LogP contribution in [0.5, 0.6) is 0 Å². The Balaban J connectivity index is 1.82. The lowest BCUT2D eigenvalue weighted by molar-refractivity contribution is 0.360. The summed E-state index contributed by atoms with van der Waals surface area (Å²) in [6, 6.07) is 6.00. The molecule has 0 spiro atoms. The van der Waals surface area contributed by atoms with Crippen molar-refractivity contribution < 1.29 is 0 Å². The molecule has 0 amide bonds. The van der Waals surface area contributed by atoms with Crippen LogP contribution in [0, 0.1) is 0 Å². The van der Waals surface area contributed by atoms with Crippen LogP contribution in [0.2, 0.25) is 0 Å². The molecule has 8 nitrogen and oxygen atoms in total. The Morgan fingerprint density at radius 1 is 1.15 bits per heavy atom. The van der Waals surface area contributed by atoms with Crippen LogP contribution in [0.1, 0.15) is 18.9 Å². The van der Waals surface area contributed by atoms with Crippen LogP contribution in [-0.4, -0.2) is 60.2 Å². The van der Waals surface area contributed by atoms with Gasteiger partial charge in [0.2, 0.25) is 0 Å². The van der Waals surface area contributed by atoms with E-state index in [2.05, 4.69) is 51.4 Å². The molecule has 180 valence electrons. The molecule has 8 heteroatoms. The molecule has 1 aliphatic heterocycles. The van der Waals surface area contributed by atoms with Gasteiger partial charge < -0.3 is 25.9 Å². The van der Waals surface area contributed by atoms with E-state index in [1.807, 2.05) is 43.6 Å². The topological polar surface area (TPSA) is 99.6 Å². The van der Waals surface area contributed by atoms with Crippen molar-refractivity contribution in [3.05, 3.63) is 77.2 Å². The third-order valence-corrected chi connectivity index (χ3v) is 5.74. The Hall–Kier alpha value is -3.62. The van der Waals surface area contributed by atoms with Gasteiger partial charge in [-0.3, -0.25) is 0 Å². The van der Waals surface area contributed by atoms with Crippen molar-refractivity contribution in [2.24, 2.45) is 11.6 Å². The van der Waals surface area contributed by atoms with Crippen LogP contribution in [0.25, 0.3) is 17.8 Å². The fourth-order valence-electron chi connectivity index (χ4n) is 3.77. The summed E-state index contributed by atoms with van der Waals surface area (Å²) >= 11 is 0. The Kier molecular flexibility index (Phi) is 8.45. The zero-order valence-electron chi connectivity index (χ0n) is 20.5. The van der Waals surface area contributed by atoms with Crippen LogP contribution in [0.4, 0.5) is 11.6 Å². The van der Waals surface area contributed by atoms with Crippen LogP contribution < -0.4 is 32.2 Å². The van der Waals surface area contributed by atoms with E-state index in [1.54, 1.807) is 13.2 Å². The molecule has 0 aliphatic carbocycles. The van der Waals surface area contributed by atoms with E-state index in [9.17, 15) is 0 Å². The second-order valence-electron chi connectivity index (χ2n) is 8.56. The highest BCUT2D eigenvalue weighted by Crippen LogP contribution is 2.20. The monoisotopic (exact) mass is 460 g/mol. The summed E-state index contributed by atoms with van der Waals surface area (Å²) in [5.41, 5.74) is 8.97. The van der Waals surface area contributed by atoms with Gasteiger partial charge in [-0.1, -0.05) is 19.2 Å². The average Bonchev–Trinajstić information content (AvgIpc) is 3.03. The van der Waals surface area contributed by atoms with Crippen LogP contribution in [0.15, 0.2) is 61.2 Å². The van der Waals surface area contributed by atoms with Gasteiger partial charge in [0.05, 0.1) is 5.70 Å². The molecule has 5 N–H and O–H groups in total. The Morgan fingerprint density at radius 3 is 2.68 bits per heavy atom. The van der Waals surface area contributed by atoms with Gasteiger partial charge in [0.1, 0.15) is 11.6 Å². The van der Waals surface area contributed by atoms with E-state index in [0.29, 0.717) is 17.1 Å². The fourth-order valence-corrected chi connectivity index (χ4v) is 3.77. The molecule has 0 radical (unpaired) electrons. The van der Waals surface area contributed by atoms with E-state index in [0.717, 1.165) is 60.1 Å². The van der Waals surface area contributed by atoms with Gasteiger partial charge in [0, 0.05) is 56.5 Å². The molecule has 1 aliphatic rings. The van der Waals surface area contributed by atoms with Gasteiger partial charge in [0.15, 0.2) is 0 Å². The molecule has 1 saturated heterocycles. The molecule has 3 rings (SSSR count). The first-order valence-electron chi connectivity index (χ1n) is 11.4. The number of anilines is 2. The second kappa shape index (κ2) is 11.5. The van der Waals surface area contributed by atoms with Crippen molar-refractivity contribution in [3.8, 4) is 0 Å². The fraction of sp³-hybridized carbons (Fsp3) is 0.308. The smallest absolute Gasteiger partial charge is 0.130 e. The standard InChI is InChI=1S/C26H36N8/c1-6-21-17-30-25(15-23(21)14-19(2)24(27)18-33(5)28)31-20(3)22-8-9-29-26(16-22)34-11-7-10-32(4)12-13-34/h6,8-9,14-18,31H,2-3,7,10-13,27-28H2,1,4-5H3/b21-6-,23-14-,24-18-. The maximum Gasteiger partial charge on any atom is 0.130 e. The van der Waals surface area contributed by atoms with Crippen molar-refractivity contribution in [3.63, 3.8) is 0 Å². The lowest BCUT2D eigenvalue weighted by Crippen LogP contribution is -2.29. The van der Waals surface area contributed by atoms with Gasteiger partial charge >= 0.3 is 0 Å². The quantitative estimate of drug-likeness (QED) is 0.324.